The molecule has 0 fully saturated rings. The molecule has 0 aromatic rings. The number of hydrogen-bond acceptors (Lipinski definition) is 4. The number of unbranched alkanes of at least 4 members (excludes halogenated alkanes) is 6. The predicted molar refractivity (Wildman–Crippen MR) is 75.6 cm³/mol. The SMILES string of the molecule is CCCCCCCCCC(C(=O)[O-])(C(=O)[O-])C(C)C.[Ca+2]. The van der Waals surface area contributed by atoms with E-state index in [1.54, 1.807) is 13.8 Å². The van der Waals surface area contributed by atoms with Crippen LogP contribution in [0.3, 0.4) is 0 Å². The summed E-state index contributed by atoms with van der Waals surface area (Å²) in [6.45, 7) is 5.33. The van der Waals surface area contributed by atoms with E-state index in [2.05, 4.69) is 6.92 Å². The molecule has 0 aliphatic rings. The van der Waals surface area contributed by atoms with Gasteiger partial charge in [0.15, 0.2) is 0 Å². The van der Waals surface area contributed by atoms with Crippen LogP contribution in [-0.4, -0.2) is 49.7 Å². The molecular formula is C15H26CaO4. The van der Waals surface area contributed by atoms with Crippen LogP contribution in [-0.2, 0) is 9.59 Å². The van der Waals surface area contributed by atoms with Gasteiger partial charge in [-0.2, -0.15) is 0 Å². The molecule has 0 N–H and O–H groups in total. The average Bonchev–Trinajstić information content (AvgIpc) is 2.31. The second kappa shape index (κ2) is 11.8. The summed E-state index contributed by atoms with van der Waals surface area (Å²) >= 11 is 0. The Labute approximate surface area is 152 Å². The van der Waals surface area contributed by atoms with Crippen molar-refractivity contribution in [3.05, 3.63) is 0 Å². The van der Waals surface area contributed by atoms with Gasteiger partial charge in [0.25, 0.3) is 0 Å². The van der Waals surface area contributed by atoms with E-state index in [0.29, 0.717) is 6.42 Å². The minimum Gasteiger partial charge on any atom is -0.549 e. The van der Waals surface area contributed by atoms with Gasteiger partial charge in [0.1, 0.15) is 0 Å². The number of aliphatic carboxylic acids is 2. The van der Waals surface area contributed by atoms with Gasteiger partial charge >= 0.3 is 37.7 Å². The van der Waals surface area contributed by atoms with Gasteiger partial charge in [-0.15, -0.1) is 0 Å². The third-order valence-corrected chi connectivity index (χ3v) is 3.89. The van der Waals surface area contributed by atoms with E-state index in [1.807, 2.05) is 0 Å². The van der Waals surface area contributed by atoms with Crippen LogP contribution in [0.25, 0.3) is 0 Å². The van der Waals surface area contributed by atoms with Gasteiger partial charge in [-0.05, 0) is 12.3 Å². The summed E-state index contributed by atoms with van der Waals surface area (Å²) in [5.74, 6) is -3.57. The third-order valence-electron chi connectivity index (χ3n) is 3.89. The Morgan fingerprint density at radius 3 is 1.65 bits per heavy atom. The standard InChI is InChI=1S/C15H28O4.Ca/c1-4-5-6-7-8-9-10-11-15(12(2)3,13(16)17)14(18)19;/h12H,4-11H2,1-3H3,(H,16,17)(H,18,19);/q;+2/p-2. The monoisotopic (exact) mass is 310 g/mol. The molecule has 0 aliphatic heterocycles. The Kier molecular flexibility index (Phi) is 13.3. The molecule has 112 valence electrons. The van der Waals surface area contributed by atoms with Crippen molar-refractivity contribution in [2.24, 2.45) is 11.3 Å². The second-order valence-electron chi connectivity index (χ2n) is 5.57. The molecule has 0 bridgehead atoms. The van der Waals surface area contributed by atoms with Crippen molar-refractivity contribution in [2.75, 3.05) is 0 Å². The van der Waals surface area contributed by atoms with E-state index >= 15 is 0 Å². The number of carboxylic acids is 2. The first-order valence-corrected chi connectivity index (χ1v) is 7.32. The Hall–Kier alpha value is 0.200. The Morgan fingerprint density at radius 1 is 0.900 bits per heavy atom. The van der Waals surface area contributed by atoms with Crippen molar-refractivity contribution in [1.29, 1.82) is 0 Å². The first-order chi connectivity index (χ1) is 8.89. The summed E-state index contributed by atoms with van der Waals surface area (Å²) in [6, 6.07) is 0. The Morgan fingerprint density at radius 2 is 1.30 bits per heavy atom. The molecule has 0 amide bonds. The van der Waals surface area contributed by atoms with Crippen LogP contribution in [0.15, 0.2) is 0 Å². The van der Waals surface area contributed by atoms with Crippen LogP contribution in [0.5, 0.6) is 0 Å². The van der Waals surface area contributed by atoms with Gasteiger partial charge in [0, 0.05) is 0 Å². The zero-order valence-electron chi connectivity index (χ0n) is 13.1. The van der Waals surface area contributed by atoms with Gasteiger partial charge in [-0.3, -0.25) is 0 Å². The topological polar surface area (TPSA) is 80.3 Å². The van der Waals surface area contributed by atoms with Gasteiger partial charge in [0.2, 0.25) is 0 Å². The van der Waals surface area contributed by atoms with E-state index < -0.39 is 23.3 Å². The van der Waals surface area contributed by atoms with Gasteiger partial charge in [0.05, 0.1) is 17.4 Å². The Bertz CT molecular complexity index is 276. The minimum atomic E-state index is -1.84. The largest absolute Gasteiger partial charge is 2.00 e. The maximum Gasteiger partial charge on any atom is 2.00 e. The van der Waals surface area contributed by atoms with Crippen molar-refractivity contribution in [3.63, 3.8) is 0 Å². The first-order valence-electron chi connectivity index (χ1n) is 7.32. The zero-order valence-corrected chi connectivity index (χ0v) is 15.3. The van der Waals surface area contributed by atoms with Gasteiger partial charge in [-0.25, -0.2) is 0 Å². The molecule has 0 radical (unpaired) electrons. The number of carbonyl (C=O) groups is 2. The molecule has 0 spiro atoms. The van der Waals surface area contributed by atoms with Crippen molar-refractivity contribution < 1.29 is 19.8 Å². The van der Waals surface area contributed by atoms with Crippen LogP contribution in [0.4, 0.5) is 0 Å². The van der Waals surface area contributed by atoms with Crippen molar-refractivity contribution in [2.45, 2.75) is 72.1 Å². The average molecular weight is 310 g/mol. The molecule has 0 rings (SSSR count). The van der Waals surface area contributed by atoms with Crippen LogP contribution in [0.2, 0.25) is 0 Å². The van der Waals surface area contributed by atoms with Crippen LogP contribution in [0.1, 0.15) is 72.1 Å². The van der Waals surface area contributed by atoms with E-state index in [1.165, 1.54) is 19.3 Å². The molecule has 0 heterocycles. The molecule has 20 heavy (non-hydrogen) atoms. The fraction of sp³-hybridized carbons (Fsp3) is 0.867. The van der Waals surface area contributed by atoms with E-state index in [9.17, 15) is 19.8 Å². The number of rotatable bonds is 11. The summed E-state index contributed by atoms with van der Waals surface area (Å²) in [6.07, 6.45) is 7.29. The van der Waals surface area contributed by atoms with Gasteiger partial charge < -0.3 is 19.8 Å². The van der Waals surface area contributed by atoms with Crippen molar-refractivity contribution in [1.82, 2.24) is 0 Å². The number of carboxylic acid groups (broad SMARTS) is 2. The van der Waals surface area contributed by atoms with Crippen LogP contribution < -0.4 is 10.2 Å². The van der Waals surface area contributed by atoms with Crippen LogP contribution >= 0.6 is 0 Å². The smallest absolute Gasteiger partial charge is 0.549 e. The summed E-state index contributed by atoms with van der Waals surface area (Å²) in [5, 5.41) is 22.4. The molecule has 4 nitrogen and oxygen atoms in total. The second-order valence-corrected chi connectivity index (χ2v) is 5.57. The molecule has 0 aromatic heterocycles. The molecule has 0 saturated carbocycles. The molecule has 0 atom stereocenters. The summed E-state index contributed by atoms with van der Waals surface area (Å²) in [4.78, 5) is 22.4. The molecule has 0 aromatic carbocycles. The third kappa shape index (κ3) is 6.77. The summed E-state index contributed by atoms with van der Waals surface area (Å²) < 4.78 is 0. The molecular weight excluding hydrogens is 284 g/mol. The van der Waals surface area contributed by atoms with Crippen molar-refractivity contribution >= 4 is 49.7 Å². The fourth-order valence-electron chi connectivity index (χ4n) is 2.41. The number of hydrogen-bond donors (Lipinski definition) is 0. The normalized spacial score (nSPS) is 11.2. The summed E-state index contributed by atoms with van der Waals surface area (Å²) in [7, 11) is 0. The molecule has 5 heteroatoms. The number of carbonyl (C=O) groups excluding carboxylic acids is 2. The zero-order chi connectivity index (χ0) is 14.9. The van der Waals surface area contributed by atoms with Crippen LogP contribution in [0, 0.1) is 11.3 Å². The molecule has 0 unspecified atom stereocenters. The fourth-order valence-corrected chi connectivity index (χ4v) is 2.41. The minimum absolute atomic E-state index is 0. The predicted octanol–water partition coefficient (Wildman–Crippen LogP) is 0.888. The maximum atomic E-state index is 11.2. The van der Waals surface area contributed by atoms with Gasteiger partial charge in [-0.1, -0.05) is 65.7 Å². The molecule has 0 aliphatic carbocycles. The van der Waals surface area contributed by atoms with E-state index in [-0.39, 0.29) is 44.2 Å². The quantitative estimate of drug-likeness (QED) is 0.322. The van der Waals surface area contributed by atoms with E-state index in [0.717, 1.165) is 19.3 Å². The van der Waals surface area contributed by atoms with E-state index in [4.69, 9.17) is 0 Å². The first kappa shape index (κ1) is 22.5. The maximum absolute atomic E-state index is 11.2. The van der Waals surface area contributed by atoms with Crippen molar-refractivity contribution in [3.8, 4) is 0 Å². The molecule has 0 saturated heterocycles. The Balaban J connectivity index is 0. The summed E-state index contributed by atoms with van der Waals surface area (Å²) in [5.41, 5.74) is -1.84.